The number of rotatable bonds is 4. The smallest absolute Gasteiger partial charge is 0.237 e. The van der Waals surface area contributed by atoms with Gasteiger partial charge in [0, 0.05) is 25.0 Å². The molecule has 17 heavy (non-hydrogen) atoms. The Morgan fingerprint density at radius 3 is 3.00 bits per heavy atom. The van der Waals surface area contributed by atoms with Crippen LogP contribution in [-0.4, -0.2) is 48.1 Å². The second-order valence-electron chi connectivity index (χ2n) is 4.24. The van der Waals surface area contributed by atoms with Crippen LogP contribution in [0.3, 0.4) is 0 Å². The van der Waals surface area contributed by atoms with Crippen molar-refractivity contribution in [1.29, 1.82) is 0 Å². The Morgan fingerprint density at radius 1 is 1.59 bits per heavy atom. The second-order valence-corrected chi connectivity index (χ2v) is 4.24. The zero-order valence-electron chi connectivity index (χ0n) is 10.1. The van der Waals surface area contributed by atoms with E-state index in [9.17, 15) is 4.79 Å². The second kappa shape index (κ2) is 5.84. The third-order valence-corrected chi connectivity index (χ3v) is 3.09. The largest absolute Gasteiger partial charge is 0.379 e. The quantitative estimate of drug-likeness (QED) is 0.794. The van der Waals surface area contributed by atoms with Gasteiger partial charge in [-0.25, -0.2) is 0 Å². The highest BCUT2D eigenvalue weighted by Gasteiger charge is 2.22. The van der Waals surface area contributed by atoms with Gasteiger partial charge in [0.05, 0.1) is 25.8 Å². The van der Waals surface area contributed by atoms with Crippen molar-refractivity contribution in [2.24, 2.45) is 0 Å². The van der Waals surface area contributed by atoms with Gasteiger partial charge in [-0.2, -0.15) is 0 Å². The molecule has 0 spiro atoms. The van der Waals surface area contributed by atoms with Gasteiger partial charge in [-0.3, -0.25) is 9.69 Å². The summed E-state index contributed by atoms with van der Waals surface area (Å²) < 4.78 is 5.27. The van der Waals surface area contributed by atoms with Gasteiger partial charge in [-0.15, -0.1) is 0 Å². The van der Waals surface area contributed by atoms with E-state index in [2.05, 4.69) is 15.2 Å². The third kappa shape index (κ3) is 3.31. The number of carbonyl (C=O) groups excluding carboxylic acids is 1. The van der Waals surface area contributed by atoms with Crippen LogP contribution in [0.15, 0.2) is 18.3 Å². The van der Waals surface area contributed by atoms with E-state index in [1.54, 1.807) is 0 Å². The summed E-state index contributed by atoms with van der Waals surface area (Å²) in [5.41, 5.74) is 1.02. The van der Waals surface area contributed by atoms with Crippen molar-refractivity contribution in [2.75, 3.05) is 26.3 Å². The number of carbonyl (C=O) groups is 1. The topological polar surface area (TPSA) is 57.4 Å². The molecule has 1 amide bonds. The first-order valence-electron chi connectivity index (χ1n) is 5.99. The molecule has 2 N–H and O–H groups in total. The van der Waals surface area contributed by atoms with E-state index in [1.165, 1.54) is 0 Å². The Balaban J connectivity index is 1.78. The summed E-state index contributed by atoms with van der Waals surface area (Å²) in [7, 11) is 0. The summed E-state index contributed by atoms with van der Waals surface area (Å²) in [6.45, 7) is 5.59. The molecule has 0 aromatic carbocycles. The summed E-state index contributed by atoms with van der Waals surface area (Å²) in [5, 5.41) is 2.93. The third-order valence-electron chi connectivity index (χ3n) is 3.09. The number of H-pyrrole nitrogens is 1. The first-order chi connectivity index (χ1) is 8.27. The number of nitrogens with zero attached hydrogens (tertiary/aromatic N) is 1. The van der Waals surface area contributed by atoms with Crippen LogP contribution in [0.1, 0.15) is 12.6 Å². The number of aromatic amines is 1. The summed E-state index contributed by atoms with van der Waals surface area (Å²) in [4.78, 5) is 17.1. The molecule has 1 saturated heterocycles. The monoisotopic (exact) mass is 237 g/mol. The van der Waals surface area contributed by atoms with Gasteiger partial charge in [-0.1, -0.05) is 0 Å². The number of hydrogen-bond donors (Lipinski definition) is 2. The van der Waals surface area contributed by atoms with E-state index < -0.39 is 0 Å². The molecule has 5 heteroatoms. The highest BCUT2D eigenvalue weighted by molar-refractivity contribution is 5.81. The van der Waals surface area contributed by atoms with Gasteiger partial charge in [-0.05, 0) is 19.1 Å². The summed E-state index contributed by atoms with van der Waals surface area (Å²) in [6, 6.07) is 3.79. The first-order valence-corrected chi connectivity index (χ1v) is 5.99. The first kappa shape index (κ1) is 12.1. The zero-order chi connectivity index (χ0) is 12.1. The van der Waals surface area contributed by atoms with Crippen LogP contribution in [0.25, 0.3) is 0 Å². The van der Waals surface area contributed by atoms with E-state index in [1.807, 2.05) is 25.3 Å². The molecule has 5 nitrogen and oxygen atoms in total. The van der Waals surface area contributed by atoms with Crippen molar-refractivity contribution >= 4 is 5.91 Å². The van der Waals surface area contributed by atoms with Crippen LogP contribution >= 0.6 is 0 Å². The maximum atomic E-state index is 11.9. The molecule has 0 saturated carbocycles. The molecule has 0 aliphatic carbocycles. The molecule has 1 atom stereocenters. The lowest BCUT2D eigenvalue weighted by molar-refractivity contribution is -0.127. The fourth-order valence-corrected chi connectivity index (χ4v) is 1.94. The molecular weight excluding hydrogens is 218 g/mol. The lowest BCUT2D eigenvalue weighted by atomic mass is 10.2. The molecule has 1 unspecified atom stereocenters. The van der Waals surface area contributed by atoms with Crippen LogP contribution < -0.4 is 5.32 Å². The number of ether oxygens (including phenoxy) is 1. The SMILES string of the molecule is CC(C(=O)NCc1ccc[nH]1)N1CCOCC1. The predicted octanol–water partition coefficient (Wildman–Crippen LogP) is 0.352. The minimum absolute atomic E-state index is 0.0708. The Morgan fingerprint density at radius 2 is 2.35 bits per heavy atom. The minimum atomic E-state index is -0.0890. The van der Waals surface area contributed by atoms with E-state index in [0.29, 0.717) is 19.8 Å². The van der Waals surface area contributed by atoms with Crippen molar-refractivity contribution in [3.8, 4) is 0 Å². The normalized spacial score (nSPS) is 18.9. The van der Waals surface area contributed by atoms with Crippen molar-refractivity contribution in [1.82, 2.24) is 15.2 Å². The number of aromatic nitrogens is 1. The maximum Gasteiger partial charge on any atom is 0.237 e. The molecule has 1 aliphatic heterocycles. The van der Waals surface area contributed by atoms with Gasteiger partial charge < -0.3 is 15.0 Å². The molecule has 1 aliphatic rings. The standard InChI is InChI=1S/C12H19N3O2/c1-10(15-5-7-17-8-6-15)12(16)14-9-11-3-2-4-13-11/h2-4,10,13H,5-9H2,1H3,(H,14,16). The van der Waals surface area contributed by atoms with Crippen LogP contribution in [0.5, 0.6) is 0 Å². The molecule has 1 aromatic rings. The van der Waals surface area contributed by atoms with Crippen molar-refractivity contribution in [3.05, 3.63) is 24.0 Å². The van der Waals surface area contributed by atoms with E-state index in [4.69, 9.17) is 4.74 Å². The van der Waals surface area contributed by atoms with Gasteiger partial charge in [0.1, 0.15) is 0 Å². The van der Waals surface area contributed by atoms with Gasteiger partial charge in [0.15, 0.2) is 0 Å². The number of morpholine rings is 1. The van der Waals surface area contributed by atoms with Crippen LogP contribution in [0.2, 0.25) is 0 Å². The number of nitrogens with one attached hydrogen (secondary N) is 2. The molecule has 0 bridgehead atoms. The summed E-state index contributed by atoms with van der Waals surface area (Å²) in [5.74, 6) is 0.0708. The number of amides is 1. The lowest BCUT2D eigenvalue weighted by Crippen LogP contribution is -2.49. The van der Waals surface area contributed by atoms with Crippen LogP contribution in [0, 0.1) is 0 Å². The highest BCUT2D eigenvalue weighted by Crippen LogP contribution is 2.04. The Hall–Kier alpha value is -1.33. The predicted molar refractivity (Wildman–Crippen MR) is 64.5 cm³/mol. The fraction of sp³-hybridized carbons (Fsp3) is 0.583. The number of hydrogen-bond acceptors (Lipinski definition) is 3. The molecule has 2 rings (SSSR count). The van der Waals surface area contributed by atoms with Crippen molar-refractivity contribution in [3.63, 3.8) is 0 Å². The molecule has 0 radical (unpaired) electrons. The van der Waals surface area contributed by atoms with Crippen LogP contribution in [0.4, 0.5) is 0 Å². The Kier molecular flexibility index (Phi) is 4.17. The van der Waals surface area contributed by atoms with Gasteiger partial charge >= 0.3 is 0 Å². The van der Waals surface area contributed by atoms with Crippen molar-refractivity contribution in [2.45, 2.75) is 19.5 Å². The summed E-state index contributed by atoms with van der Waals surface area (Å²) in [6.07, 6.45) is 1.85. The average molecular weight is 237 g/mol. The van der Waals surface area contributed by atoms with E-state index in [-0.39, 0.29) is 11.9 Å². The minimum Gasteiger partial charge on any atom is -0.379 e. The van der Waals surface area contributed by atoms with Crippen molar-refractivity contribution < 1.29 is 9.53 Å². The zero-order valence-corrected chi connectivity index (χ0v) is 10.1. The molecule has 1 aromatic heterocycles. The Labute approximate surface area is 101 Å². The van der Waals surface area contributed by atoms with E-state index in [0.717, 1.165) is 18.8 Å². The highest BCUT2D eigenvalue weighted by atomic mass is 16.5. The van der Waals surface area contributed by atoms with E-state index >= 15 is 0 Å². The van der Waals surface area contributed by atoms with Crippen LogP contribution in [-0.2, 0) is 16.1 Å². The maximum absolute atomic E-state index is 11.9. The Bertz CT molecular complexity index is 345. The summed E-state index contributed by atoms with van der Waals surface area (Å²) >= 11 is 0. The fourth-order valence-electron chi connectivity index (χ4n) is 1.94. The van der Waals surface area contributed by atoms with Gasteiger partial charge in [0.25, 0.3) is 0 Å². The lowest BCUT2D eigenvalue weighted by Gasteiger charge is -2.31. The molecular formula is C12H19N3O2. The average Bonchev–Trinajstić information content (AvgIpc) is 2.89. The molecule has 2 heterocycles. The molecule has 94 valence electrons. The molecule has 1 fully saturated rings. The van der Waals surface area contributed by atoms with Gasteiger partial charge in [0.2, 0.25) is 5.91 Å².